The van der Waals surface area contributed by atoms with E-state index >= 15 is 0 Å². The fraction of sp³-hybridized carbons (Fsp3) is 0.353. The number of nitrogens with zero attached hydrogens (tertiary/aromatic N) is 2. The van der Waals surface area contributed by atoms with E-state index in [9.17, 15) is 22.0 Å². The van der Waals surface area contributed by atoms with Gasteiger partial charge in [-0.3, -0.25) is 9.69 Å². The summed E-state index contributed by atoms with van der Waals surface area (Å²) in [5.74, 6) is -2.38. The van der Waals surface area contributed by atoms with Crippen molar-refractivity contribution in [1.29, 1.82) is 0 Å². The maximum atomic E-state index is 13.2. The second kappa shape index (κ2) is 8.01. The first kappa shape index (κ1) is 19.9. The second-order valence-corrected chi connectivity index (χ2v) is 9.68. The van der Waals surface area contributed by atoms with Gasteiger partial charge in [-0.25, -0.2) is 17.2 Å². The zero-order valence-corrected chi connectivity index (χ0v) is 16.2. The molecule has 1 fully saturated rings. The van der Waals surface area contributed by atoms with E-state index in [0.29, 0.717) is 17.3 Å². The zero-order valence-electron chi connectivity index (χ0n) is 14.6. The van der Waals surface area contributed by atoms with Crippen LogP contribution in [0.15, 0.2) is 34.5 Å². The van der Waals surface area contributed by atoms with Crippen LogP contribution in [0.25, 0.3) is 0 Å². The summed E-state index contributed by atoms with van der Waals surface area (Å²) in [6, 6.07) is 6.53. The van der Waals surface area contributed by atoms with Gasteiger partial charge in [0.25, 0.3) is 10.0 Å². The molecule has 10 heteroatoms. The number of halogens is 2. The molecule has 1 aromatic carbocycles. The Kier molecular flexibility index (Phi) is 5.89. The summed E-state index contributed by atoms with van der Waals surface area (Å²) in [7, 11) is -3.50. The molecule has 146 valence electrons. The third kappa shape index (κ3) is 4.70. The summed E-state index contributed by atoms with van der Waals surface area (Å²) in [6.45, 7) is 3.30. The van der Waals surface area contributed by atoms with Gasteiger partial charge >= 0.3 is 0 Å². The van der Waals surface area contributed by atoms with Gasteiger partial charge in [-0.05, 0) is 31.2 Å². The highest BCUT2D eigenvalue weighted by molar-refractivity contribution is 7.91. The van der Waals surface area contributed by atoms with Gasteiger partial charge in [0, 0.05) is 42.8 Å². The number of nitrogens with one attached hydrogen (secondary N) is 1. The minimum absolute atomic E-state index is 0.0466. The van der Waals surface area contributed by atoms with Gasteiger partial charge in [-0.1, -0.05) is 0 Å². The second-order valence-electron chi connectivity index (χ2n) is 6.22. The predicted octanol–water partition coefficient (Wildman–Crippen LogP) is 2.28. The number of carbonyl (C=O) groups excluding carboxylic acids is 1. The molecule has 0 aliphatic carbocycles. The molecule has 1 aliphatic heterocycles. The Morgan fingerprint density at radius 3 is 2.41 bits per heavy atom. The van der Waals surface area contributed by atoms with Crippen LogP contribution in [0, 0.1) is 18.6 Å². The smallest absolute Gasteiger partial charge is 0.252 e. The highest BCUT2D eigenvalue weighted by atomic mass is 32.2. The van der Waals surface area contributed by atoms with Crippen LogP contribution < -0.4 is 5.32 Å². The van der Waals surface area contributed by atoms with Crippen LogP contribution in [-0.2, 0) is 14.8 Å². The molecule has 3 rings (SSSR count). The normalized spacial score (nSPS) is 16.4. The molecule has 1 aliphatic rings. The van der Waals surface area contributed by atoms with E-state index in [1.807, 2.05) is 11.8 Å². The summed E-state index contributed by atoms with van der Waals surface area (Å²) in [6.07, 6.45) is 0. The van der Waals surface area contributed by atoms with Gasteiger partial charge in [-0.15, -0.1) is 11.3 Å². The molecule has 6 nitrogen and oxygen atoms in total. The van der Waals surface area contributed by atoms with E-state index < -0.39 is 21.7 Å². The Labute approximate surface area is 160 Å². The van der Waals surface area contributed by atoms with Gasteiger partial charge in [0.1, 0.15) is 4.21 Å². The number of piperazine rings is 1. The summed E-state index contributed by atoms with van der Waals surface area (Å²) >= 11 is 1.24. The van der Waals surface area contributed by atoms with E-state index in [-0.39, 0.29) is 31.2 Å². The molecule has 27 heavy (non-hydrogen) atoms. The van der Waals surface area contributed by atoms with Gasteiger partial charge in [0.05, 0.1) is 6.54 Å². The quantitative estimate of drug-likeness (QED) is 0.814. The van der Waals surface area contributed by atoms with Gasteiger partial charge in [0.15, 0.2) is 11.6 Å². The van der Waals surface area contributed by atoms with Crippen LogP contribution >= 0.6 is 11.3 Å². The maximum absolute atomic E-state index is 13.2. The van der Waals surface area contributed by atoms with Gasteiger partial charge in [-0.2, -0.15) is 4.31 Å². The van der Waals surface area contributed by atoms with Gasteiger partial charge < -0.3 is 5.32 Å². The molecule has 2 heterocycles. The average molecular weight is 415 g/mol. The number of thiophene rings is 1. The number of benzene rings is 1. The van der Waals surface area contributed by atoms with E-state index in [2.05, 4.69) is 5.32 Å². The Balaban J connectivity index is 1.53. The molecule has 0 unspecified atom stereocenters. The Morgan fingerprint density at radius 1 is 1.11 bits per heavy atom. The lowest BCUT2D eigenvalue weighted by atomic mass is 10.3. The highest BCUT2D eigenvalue weighted by Gasteiger charge is 2.30. The summed E-state index contributed by atoms with van der Waals surface area (Å²) in [5, 5.41) is 2.51. The Morgan fingerprint density at radius 2 is 1.81 bits per heavy atom. The van der Waals surface area contributed by atoms with Crippen molar-refractivity contribution in [2.24, 2.45) is 0 Å². The summed E-state index contributed by atoms with van der Waals surface area (Å²) in [5.41, 5.74) is 0.174. The number of hydrogen-bond acceptors (Lipinski definition) is 5. The molecule has 0 spiro atoms. The van der Waals surface area contributed by atoms with Crippen molar-refractivity contribution < 1.29 is 22.0 Å². The van der Waals surface area contributed by atoms with E-state index in [1.165, 1.54) is 21.7 Å². The summed E-state index contributed by atoms with van der Waals surface area (Å²) < 4.78 is 53.1. The molecular weight excluding hydrogens is 396 g/mol. The Bertz CT molecular complexity index is 939. The van der Waals surface area contributed by atoms with E-state index in [1.54, 1.807) is 12.1 Å². The highest BCUT2D eigenvalue weighted by Crippen LogP contribution is 2.25. The molecular formula is C17H19F2N3O3S2. The van der Waals surface area contributed by atoms with Crippen molar-refractivity contribution in [3.63, 3.8) is 0 Å². The van der Waals surface area contributed by atoms with Crippen LogP contribution in [0.3, 0.4) is 0 Å². The molecule has 1 N–H and O–H groups in total. The van der Waals surface area contributed by atoms with Crippen LogP contribution in [0.2, 0.25) is 0 Å². The molecule has 1 amide bonds. The molecule has 1 saturated heterocycles. The first-order chi connectivity index (χ1) is 12.8. The monoisotopic (exact) mass is 415 g/mol. The van der Waals surface area contributed by atoms with Crippen LogP contribution in [0.5, 0.6) is 0 Å². The van der Waals surface area contributed by atoms with Crippen molar-refractivity contribution >= 4 is 33.0 Å². The van der Waals surface area contributed by atoms with Crippen molar-refractivity contribution in [1.82, 2.24) is 9.21 Å². The number of sulfonamides is 1. The van der Waals surface area contributed by atoms with Crippen molar-refractivity contribution in [2.75, 3.05) is 38.0 Å². The van der Waals surface area contributed by atoms with Crippen molar-refractivity contribution in [3.8, 4) is 0 Å². The first-order valence-corrected chi connectivity index (χ1v) is 10.6. The lowest BCUT2D eigenvalue weighted by molar-refractivity contribution is -0.117. The zero-order chi connectivity index (χ0) is 19.6. The number of amides is 1. The molecule has 0 saturated carbocycles. The number of anilines is 1. The van der Waals surface area contributed by atoms with E-state index in [4.69, 9.17) is 0 Å². The largest absolute Gasteiger partial charge is 0.325 e. The average Bonchev–Trinajstić information content (AvgIpc) is 3.06. The topological polar surface area (TPSA) is 69.7 Å². The SMILES string of the molecule is Cc1ccc(S(=O)(=O)N2CCN(CC(=O)Nc3ccc(F)c(F)c3)CC2)s1. The first-order valence-electron chi connectivity index (χ1n) is 8.29. The lowest BCUT2D eigenvalue weighted by Gasteiger charge is -2.33. The van der Waals surface area contributed by atoms with E-state index in [0.717, 1.165) is 17.0 Å². The molecule has 0 radical (unpaired) electrons. The molecule has 0 atom stereocenters. The van der Waals surface area contributed by atoms with Crippen LogP contribution in [0.4, 0.5) is 14.5 Å². The maximum Gasteiger partial charge on any atom is 0.252 e. The molecule has 0 bridgehead atoms. The number of rotatable bonds is 5. The van der Waals surface area contributed by atoms with Crippen LogP contribution in [-0.4, -0.2) is 56.3 Å². The third-order valence-corrected chi connectivity index (χ3v) is 7.58. The summed E-state index contributed by atoms with van der Waals surface area (Å²) in [4.78, 5) is 14.8. The minimum Gasteiger partial charge on any atom is -0.325 e. The van der Waals surface area contributed by atoms with Crippen molar-refractivity contribution in [3.05, 3.63) is 46.8 Å². The number of aryl methyl sites for hydroxylation is 1. The van der Waals surface area contributed by atoms with Crippen LogP contribution in [0.1, 0.15) is 4.88 Å². The number of carbonyl (C=O) groups is 1. The van der Waals surface area contributed by atoms with Crippen molar-refractivity contribution in [2.45, 2.75) is 11.1 Å². The standard InChI is InChI=1S/C17H19F2N3O3S2/c1-12-2-5-17(26-12)27(24,25)22-8-6-21(7-9-22)11-16(23)20-13-3-4-14(18)15(19)10-13/h2-5,10H,6-9,11H2,1H3,(H,20,23). The third-order valence-electron chi connectivity index (χ3n) is 4.21. The molecule has 1 aromatic heterocycles. The fourth-order valence-electron chi connectivity index (χ4n) is 2.78. The Hall–Kier alpha value is -1.88. The molecule has 2 aromatic rings. The fourth-order valence-corrected chi connectivity index (χ4v) is 5.64. The minimum atomic E-state index is -3.50. The lowest BCUT2D eigenvalue weighted by Crippen LogP contribution is -2.50. The van der Waals surface area contributed by atoms with Gasteiger partial charge in [0.2, 0.25) is 5.91 Å². The number of hydrogen-bond donors (Lipinski definition) is 1. The predicted molar refractivity (Wildman–Crippen MR) is 99.2 cm³/mol.